The molecule has 1 aliphatic heterocycles. The first kappa shape index (κ1) is 18.9. The van der Waals surface area contributed by atoms with Crippen LogP contribution in [0.5, 0.6) is 0 Å². The molecule has 0 radical (unpaired) electrons. The summed E-state index contributed by atoms with van der Waals surface area (Å²) in [5, 5.41) is 4.15. The van der Waals surface area contributed by atoms with Crippen molar-refractivity contribution in [1.29, 1.82) is 0 Å². The zero-order valence-corrected chi connectivity index (χ0v) is 15.9. The third-order valence-corrected chi connectivity index (χ3v) is 5.00. The summed E-state index contributed by atoms with van der Waals surface area (Å²) in [6.07, 6.45) is 2.36. The van der Waals surface area contributed by atoms with Crippen LogP contribution in [0.15, 0.2) is 34.2 Å². The molecular formula is C17H25ClN4OS. The number of likely N-dealkylation sites (tertiary alicyclic amines) is 1. The maximum absolute atomic E-state index is 11.8. The van der Waals surface area contributed by atoms with Crippen LogP contribution in [0, 0.1) is 0 Å². The Kier molecular flexibility index (Phi) is 7.72. The summed E-state index contributed by atoms with van der Waals surface area (Å²) in [4.78, 5) is 21.3. The molecule has 1 aromatic carbocycles. The zero-order valence-electron chi connectivity index (χ0n) is 14.3. The SMILES string of the molecule is CN(C)C(=O)CN=C(NCCSc1ccc(Cl)cc1)N1CCCC1. The number of carbonyl (C=O) groups excluding carboxylic acids is 1. The van der Waals surface area contributed by atoms with Crippen LogP contribution >= 0.6 is 23.4 Å². The van der Waals surface area contributed by atoms with Gasteiger partial charge in [0.05, 0.1) is 0 Å². The van der Waals surface area contributed by atoms with E-state index in [1.807, 2.05) is 24.3 Å². The van der Waals surface area contributed by atoms with E-state index in [0.29, 0.717) is 0 Å². The summed E-state index contributed by atoms with van der Waals surface area (Å²) in [7, 11) is 3.51. The number of nitrogens with one attached hydrogen (secondary N) is 1. The molecule has 0 spiro atoms. The van der Waals surface area contributed by atoms with E-state index >= 15 is 0 Å². The predicted molar refractivity (Wildman–Crippen MR) is 102 cm³/mol. The normalized spacial score (nSPS) is 14.8. The van der Waals surface area contributed by atoms with E-state index in [1.165, 1.54) is 17.7 Å². The highest BCUT2D eigenvalue weighted by Gasteiger charge is 2.16. The van der Waals surface area contributed by atoms with Crippen molar-refractivity contribution in [2.75, 3.05) is 46.0 Å². The Hall–Kier alpha value is -1.40. The van der Waals surface area contributed by atoms with Crippen LogP contribution in [0.4, 0.5) is 0 Å². The van der Waals surface area contributed by atoms with Gasteiger partial charge in [-0.05, 0) is 37.1 Å². The maximum atomic E-state index is 11.8. The number of amides is 1. The summed E-state index contributed by atoms with van der Waals surface area (Å²) in [5.41, 5.74) is 0. The van der Waals surface area contributed by atoms with Crippen molar-refractivity contribution in [1.82, 2.24) is 15.1 Å². The second kappa shape index (κ2) is 9.79. The number of hydrogen-bond acceptors (Lipinski definition) is 3. The minimum Gasteiger partial charge on any atom is -0.355 e. The summed E-state index contributed by atoms with van der Waals surface area (Å²) in [5.74, 6) is 1.79. The second-order valence-electron chi connectivity index (χ2n) is 5.85. The third kappa shape index (κ3) is 6.24. The Labute approximate surface area is 153 Å². The van der Waals surface area contributed by atoms with Gasteiger partial charge in [0.1, 0.15) is 6.54 Å². The molecule has 1 heterocycles. The number of halogens is 1. The molecule has 1 saturated heterocycles. The number of guanidine groups is 1. The Morgan fingerprint density at radius 2 is 1.96 bits per heavy atom. The van der Waals surface area contributed by atoms with Crippen LogP contribution in [-0.4, -0.2) is 67.7 Å². The molecule has 1 amide bonds. The van der Waals surface area contributed by atoms with Gasteiger partial charge in [0.25, 0.3) is 0 Å². The van der Waals surface area contributed by atoms with Crippen LogP contribution in [0.1, 0.15) is 12.8 Å². The number of hydrogen-bond donors (Lipinski definition) is 1. The Bertz CT molecular complexity index is 556. The van der Waals surface area contributed by atoms with Gasteiger partial charge < -0.3 is 15.1 Å². The van der Waals surface area contributed by atoms with Crippen molar-refractivity contribution >= 4 is 35.2 Å². The van der Waals surface area contributed by atoms with Gasteiger partial charge >= 0.3 is 0 Å². The monoisotopic (exact) mass is 368 g/mol. The number of aliphatic imine (C=N–C) groups is 1. The maximum Gasteiger partial charge on any atom is 0.243 e. The van der Waals surface area contributed by atoms with Gasteiger partial charge in [0.15, 0.2) is 5.96 Å². The number of rotatable bonds is 6. The fraction of sp³-hybridized carbons (Fsp3) is 0.529. The highest BCUT2D eigenvalue weighted by atomic mass is 35.5. The van der Waals surface area contributed by atoms with Crippen molar-refractivity contribution < 1.29 is 4.79 Å². The van der Waals surface area contributed by atoms with Gasteiger partial charge in [-0.3, -0.25) is 4.79 Å². The molecule has 132 valence electrons. The molecule has 1 N–H and O–H groups in total. The molecule has 1 aromatic rings. The molecule has 0 aliphatic carbocycles. The molecule has 0 atom stereocenters. The van der Waals surface area contributed by atoms with Gasteiger partial charge in [-0.25, -0.2) is 4.99 Å². The predicted octanol–water partition coefficient (Wildman–Crippen LogP) is 2.56. The van der Waals surface area contributed by atoms with Crippen LogP contribution < -0.4 is 5.32 Å². The van der Waals surface area contributed by atoms with E-state index in [4.69, 9.17) is 11.6 Å². The number of benzene rings is 1. The summed E-state index contributed by atoms with van der Waals surface area (Å²) < 4.78 is 0. The topological polar surface area (TPSA) is 47.9 Å². The Balaban J connectivity index is 1.82. The summed E-state index contributed by atoms with van der Waals surface area (Å²) >= 11 is 7.67. The molecule has 0 aromatic heterocycles. The van der Waals surface area contributed by atoms with Gasteiger partial charge in [-0.2, -0.15) is 0 Å². The fourth-order valence-electron chi connectivity index (χ4n) is 2.34. The number of thioether (sulfide) groups is 1. The Morgan fingerprint density at radius 1 is 1.29 bits per heavy atom. The van der Waals surface area contributed by atoms with E-state index in [0.717, 1.165) is 36.4 Å². The number of likely N-dealkylation sites (N-methyl/N-ethyl adjacent to an activating group) is 1. The quantitative estimate of drug-likeness (QED) is 0.363. The van der Waals surface area contributed by atoms with Crippen molar-refractivity contribution in [3.8, 4) is 0 Å². The lowest BCUT2D eigenvalue weighted by molar-refractivity contribution is -0.127. The molecule has 24 heavy (non-hydrogen) atoms. The van der Waals surface area contributed by atoms with Crippen LogP contribution in [0.3, 0.4) is 0 Å². The lowest BCUT2D eigenvalue weighted by atomic mass is 10.4. The zero-order chi connectivity index (χ0) is 17.4. The molecule has 7 heteroatoms. The fourth-order valence-corrected chi connectivity index (χ4v) is 3.24. The first-order chi connectivity index (χ1) is 11.6. The van der Waals surface area contributed by atoms with E-state index in [2.05, 4.69) is 15.2 Å². The van der Waals surface area contributed by atoms with Gasteiger partial charge in [-0.15, -0.1) is 11.8 Å². The average Bonchev–Trinajstić information content (AvgIpc) is 3.09. The van der Waals surface area contributed by atoms with Crippen molar-refractivity contribution in [3.05, 3.63) is 29.3 Å². The first-order valence-corrected chi connectivity index (χ1v) is 9.54. The summed E-state index contributed by atoms with van der Waals surface area (Å²) in [6, 6.07) is 7.86. The second-order valence-corrected chi connectivity index (χ2v) is 7.46. The lowest BCUT2D eigenvalue weighted by Crippen LogP contribution is -2.41. The molecule has 0 unspecified atom stereocenters. The molecule has 0 bridgehead atoms. The van der Waals surface area contributed by atoms with E-state index in [-0.39, 0.29) is 12.5 Å². The Morgan fingerprint density at radius 3 is 2.58 bits per heavy atom. The molecule has 1 aliphatic rings. The third-order valence-electron chi connectivity index (χ3n) is 3.74. The van der Waals surface area contributed by atoms with Crippen molar-refractivity contribution in [2.45, 2.75) is 17.7 Å². The summed E-state index contributed by atoms with van der Waals surface area (Å²) in [6.45, 7) is 3.01. The van der Waals surface area contributed by atoms with E-state index in [1.54, 1.807) is 30.8 Å². The molecule has 1 fully saturated rings. The smallest absolute Gasteiger partial charge is 0.243 e. The van der Waals surface area contributed by atoms with Crippen molar-refractivity contribution in [3.63, 3.8) is 0 Å². The number of carbonyl (C=O) groups is 1. The highest BCUT2D eigenvalue weighted by Crippen LogP contribution is 2.19. The lowest BCUT2D eigenvalue weighted by Gasteiger charge is -2.21. The first-order valence-electron chi connectivity index (χ1n) is 8.18. The van der Waals surface area contributed by atoms with Crippen LogP contribution in [0.25, 0.3) is 0 Å². The van der Waals surface area contributed by atoms with Crippen molar-refractivity contribution in [2.24, 2.45) is 4.99 Å². The van der Waals surface area contributed by atoms with Gasteiger partial charge in [0.2, 0.25) is 5.91 Å². The number of nitrogens with zero attached hydrogens (tertiary/aromatic N) is 3. The average molecular weight is 369 g/mol. The minimum absolute atomic E-state index is 0.0176. The molecule has 2 rings (SSSR count). The minimum atomic E-state index is 0.0176. The van der Waals surface area contributed by atoms with Crippen LogP contribution in [-0.2, 0) is 4.79 Å². The largest absolute Gasteiger partial charge is 0.355 e. The van der Waals surface area contributed by atoms with E-state index in [9.17, 15) is 4.79 Å². The molecule has 5 nitrogen and oxygen atoms in total. The molecule has 0 saturated carbocycles. The van der Waals surface area contributed by atoms with Gasteiger partial charge in [0, 0.05) is 49.4 Å². The van der Waals surface area contributed by atoms with E-state index < -0.39 is 0 Å². The standard InChI is InChI=1S/C17H25ClN4OS/c1-21(2)16(23)13-20-17(22-10-3-4-11-22)19-9-12-24-15-7-5-14(18)6-8-15/h5-8H,3-4,9-13H2,1-2H3,(H,19,20). The molecular weight excluding hydrogens is 344 g/mol. The van der Waals surface area contributed by atoms with Crippen LogP contribution in [0.2, 0.25) is 5.02 Å². The van der Waals surface area contributed by atoms with Gasteiger partial charge in [-0.1, -0.05) is 11.6 Å². The highest BCUT2D eigenvalue weighted by molar-refractivity contribution is 7.99.